The van der Waals surface area contributed by atoms with Crippen molar-refractivity contribution in [2.45, 2.75) is 13.0 Å². The van der Waals surface area contributed by atoms with Crippen molar-refractivity contribution < 1.29 is 5.11 Å². The first-order chi connectivity index (χ1) is 5.65. The van der Waals surface area contributed by atoms with Gasteiger partial charge in [-0.15, -0.1) is 0 Å². The van der Waals surface area contributed by atoms with Gasteiger partial charge in [0.25, 0.3) is 0 Å². The Labute approximate surface area is 70.0 Å². The third-order valence-electron chi connectivity index (χ3n) is 1.77. The van der Waals surface area contributed by atoms with E-state index in [2.05, 4.69) is 4.98 Å². The number of hydrogen-bond acceptors (Lipinski definition) is 3. The Morgan fingerprint density at radius 1 is 1.75 bits per heavy atom. The van der Waals surface area contributed by atoms with Crippen molar-refractivity contribution in [3.8, 4) is 0 Å². The lowest BCUT2D eigenvalue weighted by Gasteiger charge is -2.10. The minimum atomic E-state index is -0.415. The molecule has 0 saturated carbocycles. The van der Waals surface area contributed by atoms with Crippen LogP contribution < -0.4 is 11.3 Å². The number of hydrogen-bond donors (Lipinski definition) is 3. The summed E-state index contributed by atoms with van der Waals surface area (Å²) in [4.78, 5) is 13.3. The van der Waals surface area contributed by atoms with Crippen molar-refractivity contribution in [1.82, 2.24) is 4.98 Å². The van der Waals surface area contributed by atoms with Gasteiger partial charge in [0.15, 0.2) is 0 Å². The number of aliphatic hydroxyl groups excluding tert-OH is 1. The molecule has 4 N–H and O–H groups in total. The molecule has 1 aromatic rings. The largest absolute Gasteiger partial charge is 0.394 e. The molecular formula is C8H12N2O2. The lowest BCUT2D eigenvalue weighted by atomic mass is 10.1. The van der Waals surface area contributed by atoms with Crippen molar-refractivity contribution in [3.05, 3.63) is 33.7 Å². The van der Waals surface area contributed by atoms with Gasteiger partial charge < -0.3 is 15.8 Å². The minimum absolute atomic E-state index is 0.118. The van der Waals surface area contributed by atoms with Crippen molar-refractivity contribution in [3.63, 3.8) is 0 Å². The molecule has 4 nitrogen and oxygen atoms in total. The Morgan fingerprint density at radius 2 is 2.42 bits per heavy atom. The fourth-order valence-electron chi connectivity index (χ4n) is 1.08. The molecule has 1 rings (SSSR count). The van der Waals surface area contributed by atoms with Gasteiger partial charge in [0.05, 0.1) is 12.6 Å². The maximum Gasteiger partial charge on any atom is 0.248 e. The summed E-state index contributed by atoms with van der Waals surface area (Å²) in [6.07, 6.45) is 1.54. The number of nitrogens with two attached hydrogens (primary N) is 1. The van der Waals surface area contributed by atoms with Crippen LogP contribution in [-0.2, 0) is 0 Å². The second-order valence-electron chi connectivity index (χ2n) is 2.72. The van der Waals surface area contributed by atoms with Crippen LogP contribution in [0.15, 0.2) is 17.1 Å². The number of aliphatic hydroxyl groups is 1. The van der Waals surface area contributed by atoms with Crippen LogP contribution in [0.3, 0.4) is 0 Å². The summed E-state index contributed by atoms with van der Waals surface area (Å²) < 4.78 is 0. The molecule has 1 aromatic heterocycles. The molecule has 0 bridgehead atoms. The second-order valence-corrected chi connectivity index (χ2v) is 2.72. The minimum Gasteiger partial charge on any atom is -0.394 e. The van der Waals surface area contributed by atoms with Crippen LogP contribution >= 0.6 is 0 Å². The standard InChI is InChI=1S/C8H12N2O2/c1-5-2-8(12)10-3-6(5)7(9)4-11/h2-3,7,11H,4,9H2,1H3,(H,10,12)/t7-/m1/s1. The summed E-state index contributed by atoms with van der Waals surface area (Å²) in [7, 11) is 0. The van der Waals surface area contributed by atoms with Gasteiger partial charge in [0.2, 0.25) is 5.56 Å². The number of aromatic amines is 1. The van der Waals surface area contributed by atoms with E-state index in [1.807, 2.05) is 0 Å². The quantitative estimate of drug-likeness (QED) is 0.566. The van der Waals surface area contributed by atoms with Gasteiger partial charge in [0, 0.05) is 12.3 Å². The number of aryl methyl sites for hydroxylation is 1. The van der Waals surface area contributed by atoms with Crippen LogP contribution in [0.5, 0.6) is 0 Å². The number of rotatable bonds is 2. The SMILES string of the molecule is Cc1cc(=O)[nH]cc1[C@H](N)CO. The van der Waals surface area contributed by atoms with Gasteiger partial charge in [0.1, 0.15) is 0 Å². The fourth-order valence-corrected chi connectivity index (χ4v) is 1.08. The average molecular weight is 168 g/mol. The van der Waals surface area contributed by atoms with Gasteiger partial charge in [-0.3, -0.25) is 4.79 Å². The molecule has 0 aliphatic carbocycles. The predicted molar refractivity (Wildman–Crippen MR) is 45.8 cm³/mol. The van der Waals surface area contributed by atoms with Crippen LogP contribution in [0.2, 0.25) is 0 Å². The van der Waals surface area contributed by atoms with E-state index in [-0.39, 0.29) is 12.2 Å². The van der Waals surface area contributed by atoms with E-state index in [1.165, 1.54) is 6.07 Å². The van der Waals surface area contributed by atoms with Gasteiger partial charge in [-0.2, -0.15) is 0 Å². The van der Waals surface area contributed by atoms with E-state index in [4.69, 9.17) is 10.8 Å². The van der Waals surface area contributed by atoms with Crippen LogP contribution in [0.25, 0.3) is 0 Å². The molecule has 0 spiro atoms. The molecule has 12 heavy (non-hydrogen) atoms. The maximum absolute atomic E-state index is 10.8. The molecule has 0 aliphatic rings. The van der Waals surface area contributed by atoms with E-state index < -0.39 is 6.04 Å². The number of pyridine rings is 1. The summed E-state index contributed by atoms with van der Waals surface area (Å²) in [5, 5.41) is 8.76. The van der Waals surface area contributed by atoms with Crippen molar-refractivity contribution in [1.29, 1.82) is 0 Å². The molecule has 1 heterocycles. The summed E-state index contributed by atoms with van der Waals surface area (Å²) in [6.45, 7) is 1.67. The Hall–Kier alpha value is -1.13. The maximum atomic E-state index is 10.8. The molecule has 66 valence electrons. The molecule has 0 aliphatic heterocycles. The Balaban J connectivity index is 3.09. The predicted octanol–water partition coefficient (Wildman–Crippen LogP) is -0.325. The summed E-state index contributed by atoms with van der Waals surface area (Å²) in [5.41, 5.74) is 7.00. The van der Waals surface area contributed by atoms with Gasteiger partial charge in [-0.1, -0.05) is 0 Å². The highest BCUT2D eigenvalue weighted by Crippen LogP contribution is 2.10. The molecule has 0 amide bonds. The normalized spacial score (nSPS) is 12.9. The van der Waals surface area contributed by atoms with E-state index in [0.29, 0.717) is 0 Å². The highest BCUT2D eigenvalue weighted by Gasteiger charge is 2.06. The average Bonchev–Trinajstić information content (AvgIpc) is 2.03. The Kier molecular flexibility index (Phi) is 2.62. The molecule has 0 aromatic carbocycles. The lowest BCUT2D eigenvalue weighted by molar-refractivity contribution is 0.267. The van der Waals surface area contributed by atoms with Gasteiger partial charge in [-0.25, -0.2) is 0 Å². The van der Waals surface area contributed by atoms with Crippen LogP contribution in [0.1, 0.15) is 17.2 Å². The van der Waals surface area contributed by atoms with Crippen LogP contribution in [0, 0.1) is 6.92 Å². The van der Waals surface area contributed by atoms with Crippen molar-refractivity contribution in [2.24, 2.45) is 5.73 Å². The second kappa shape index (κ2) is 3.51. The van der Waals surface area contributed by atoms with E-state index in [1.54, 1.807) is 13.1 Å². The van der Waals surface area contributed by atoms with E-state index in [9.17, 15) is 4.79 Å². The van der Waals surface area contributed by atoms with Crippen LogP contribution in [-0.4, -0.2) is 16.7 Å². The van der Waals surface area contributed by atoms with Crippen molar-refractivity contribution in [2.75, 3.05) is 6.61 Å². The Morgan fingerprint density at radius 3 is 2.92 bits per heavy atom. The smallest absolute Gasteiger partial charge is 0.248 e. The zero-order valence-electron chi connectivity index (χ0n) is 6.87. The zero-order chi connectivity index (χ0) is 9.14. The van der Waals surface area contributed by atoms with Crippen molar-refractivity contribution >= 4 is 0 Å². The first kappa shape index (κ1) is 8.96. The van der Waals surface area contributed by atoms with Gasteiger partial charge in [-0.05, 0) is 18.1 Å². The molecular weight excluding hydrogens is 156 g/mol. The lowest BCUT2D eigenvalue weighted by Crippen LogP contribution is -2.18. The molecule has 1 atom stereocenters. The highest BCUT2D eigenvalue weighted by molar-refractivity contribution is 5.24. The number of nitrogens with one attached hydrogen (secondary N) is 1. The van der Waals surface area contributed by atoms with Gasteiger partial charge >= 0.3 is 0 Å². The first-order valence-electron chi connectivity index (χ1n) is 3.71. The molecule has 4 heteroatoms. The molecule has 0 unspecified atom stereocenters. The number of aromatic nitrogens is 1. The summed E-state index contributed by atoms with van der Waals surface area (Å²) >= 11 is 0. The van der Waals surface area contributed by atoms with E-state index in [0.717, 1.165) is 11.1 Å². The summed E-state index contributed by atoms with van der Waals surface area (Å²) in [5.74, 6) is 0. The number of H-pyrrole nitrogens is 1. The molecule has 0 saturated heterocycles. The van der Waals surface area contributed by atoms with Crippen LogP contribution in [0.4, 0.5) is 0 Å². The summed E-state index contributed by atoms with van der Waals surface area (Å²) in [6, 6.07) is 1.05. The zero-order valence-corrected chi connectivity index (χ0v) is 6.87. The third-order valence-corrected chi connectivity index (χ3v) is 1.77. The highest BCUT2D eigenvalue weighted by atomic mass is 16.3. The first-order valence-corrected chi connectivity index (χ1v) is 3.71. The topological polar surface area (TPSA) is 79.1 Å². The Bertz CT molecular complexity index is 319. The monoisotopic (exact) mass is 168 g/mol. The fraction of sp³-hybridized carbons (Fsp3) is 0.375. The molecule has 0 radical (unpaired) electrons. The molecule has 0 fully saturated rings. The van der Waals surface area contributed by atoms with E-state index >= 15 is 0 Å². The third kappa shape index (κ3) is 1.72.